The Morgan fingerprint density at radius 2 is 1.94 bits per heavy atom. The molecule has 0 aliphatic carbocycles. The van der Waals surface area contributed by atoms with E-state index < -0.39 is 23.7 Å². The lowest BCUT2D eigenvalue weighted by Crippen LogP contribution is -2.10. The number of hydrogen-bond acceptors (Lipinski definition) is 6. The van der Waals surface area contributed by atoms with E-state index in [1.807, 2.05) is 0 Å². The van der Waals surface area contributed by atoms with E-state index in [4.69, 9.17) is 16.7 Å². The first-order valence-electron chi connectivity index (χ1n) is 9.69. The minimum Gasteiger partial charge on any atom is -0.478 e. The average Bonchev–Trinajstić information content (AvgIpc) is 3.31. The molecule has 0 amide bonds. The predicted molar refractivity (Wildman–Crippen MR) is 119 cm³/mol. The molecule has 3 heterocycles. The normalized spacial score (nSPS) is 11.7. The minimum atomic E-state index is -4.67. The van der Waals surface area contributed by atoms with Gasteiger partial charge in [-0.15, -0.1) is 0 Å². The van der Waals surface area contributed by atoms with Gasteiger partial charge in [-0.2, -0.15) is 23.3 Å². The average molecular weight is 505 g/mol. The number of alkyl halides is 3. The first-order chi connectivity index (χ1) is 16.6. The summed E-state index contributed by atoms with van der Waals surface area (Å²) in [6.07, 6.45) is 2.81. The van der Waals surface area contributed by atoms with Crippen molar-refractivity contribution in [2.45, 2.75) is 6.18 Å². The molecule has 0 saturated heterocycles. The number of nitrogens with zero attached hydrogens (tertiary/aromatic N) is 5. The third-order valence-electron chi connectivity index (χ3n) is 4.53. The molecule has 0 fully saturated rings. The smallest absolute Gasteiger partial charge is 0.435 e. The first kappa shape index (κ1) is 23.8. The fraction of sp³-hybridized carbons (Fsp3) is 0.0455. The highest BCUT2D eigenvalue weighted by Gasteiger charge is 2.34. The molecule has 178 valence electrons. The Labute approximate surface area is 199 Å². The maximum absolute atomic E-state index is 13.5. The molecule has 0 bridgehead atoms. The van der Waals surface area contributed by atoms with Crippen molar-refractivity contribution in [3.05, 3.63) is 83.3 Å². The number of benzene rings is 1. The number of anilines is 2. The number of halogens is 5. The molecule has 0 aliphatic rings. The maximum Gasteiger partial charge on any atom is 0.435 e. The predicted octanol–water partition coefficient (Wildman–Crippen LogP) is 5.38. The van der Waals surface area contributed by atoms with Crippen molar-refractivity contribution >= 4 is 35.3 Å². The second-order valence-corrected chi connectivity index (χ2v) is 7.41. The first-order valence-corrected chi connectivity index (χ1v) is 10.1. The molecular formula is C22H13ClF4N6O2. The number of nitrogens with one attached hydrogen (secondary N) is 1. The van der Waals surface area contributed by atoms with Crippen LogP contribution in [0.1, 0.15) is 11.3 Å². The quantitative estimate of drug-likeness (QED) is 0.268. The van der Waals surface area contributed by atoms with E-state index >= 15 is 0 Å². The number of aromatic nitrogens is 5. The van der Waals surface area contributed by atoms with Crippen LogP contribution in [0.5, 0.6) is 0 Å². The van der Waals surface area contributed by atoms with Crippen molar-refractivity contribution in [2.24, 2.45) is 0 Å². The molecule has 0 saturated carbocycles. The molecule has 0 aliphatic heterocycles. The zero-order valence-corrected chi connectivity index (χ0v) is 18.1. The van der Waals surface area contributed by atoms with Gasteiger partial charge >= 0.3 is 12.1 Å². The molecule has 0 atom stereocenters. The SMILES string of the molecule is O=C(O)/C=C/c1cncc(-c2cnc(Nc3ccc(F)c(Cl)c3)nc2-n2ccc(C(F)(F)F)n2)c1. The molecule has 1 aromatic carbocycles. The number of carbonyl (C=O) groups is 1. The lowest BCUT2D eigenvalue weighted by atomic mass is 10.1. The Kier molecular flexibility index (Phi) is 6.47. The number of aliphatic carboxylic acids is 1. The molecule has 8 nitrogen and oxygen atoms in total. The molecule has 0 spiro atoms. The Bertz CT molecular complexity index is 1440. The highest BCUT2D eigenvalue weighted by atomic mass is 35.5. The van der Waals surface area contributed by atoms with Gasteiger partial charge in [0.15, 0.2) is 11.5 Å². The van der Waals surface area contributed by atoms with Crippen molar-refractivity contribution in [1.82, 2.24) is 24.7 Å². The van der Waals surface area contributed by atoms with Gasteiger partial charge in [0.2, 0.25) is 5.95 Å². The van der Waals surface area contributed by atoms with Gasteiger partial charge in [-0.3, -0.25) is 4.98 Å². The monoisotopic (exact) mass is 504 g/mol. The summed E-state index contributed by atoms with van der Waals surface area (Å²) < 4.78 is 53.8. The molecule has 13 heteroatoms. The highest BCUT2D eigenvalue weighted by Crippen LogP contribution is 2.31. The van der Waals surface area contributed by atoms with Crippen LogP contribution >= 0.6 is 11.6 Å². The maximum atomic E-state index is 13.5. The standard InChI is InChI=1S/C22H13ClF4N6O2/c23-16-8-14(2-3-17(16)24)30-21-29-11-15(13-7-12(9-28-10-13)1-4-19(34)35)20(31-21)33-6-5-18(32-33)22(25,26)27/h1-11H,(H,34,35)(H,29,30,31)/b4-1+. The van der Waals surface area contributed by atoms with Crippen molar-refractivity contribution in [3.63, 3.8) is 0 Å². The Balaban J connectivity index is 1.80. The van der Waals surface area contributed by atoms with E-state index in [-0.39, 0.29) is 22.4 Å². The molecular weight excluding hydrogens is 492 g/mol. The molecule has 0 unspecified atom stereocenters. The number of pyridine rings is 1. The Hall–Kier alpha value is -4.32. The van der Waals surface area contributed by atoms with Gasteiger partial charge in [0, 0.05) is 47.7 Å². The van der Waals surface area contributed by atoms with Gasteiger partial charge in [0.25, 0.3) is 0 Å². The molecule has 3 aromatic heterocycles. The van der Waals surface area contributed by atoms with Gasteiger partial charge in [-0.25, -0.2) is 18.9 Å². The molecule has 2 N–H and O–H groups in total. The summed E-state index contributed by atoms with van der Waals surface area (Å²) in [5.74, 6) is -1.83. The summed E-state index contributed by atoms with van der Waals surface area (Å²) in [6, 6.07) is 6.17. The topological polar surface area (TPSA) is 106 Å². The zero-order chi connectivity index (χ0) is 25.2. The second kappa shape index (κ2) is 9.50. The van der Waals surface area contributed by atoms with Crippen molar-refractivity contribution in [1.29, 1.82) is 0 Å². The summed E-state index contributed by atoms with van der Waals surface area (Å²) >= 11 is 5.79. The minimum absolute atomic E-state index is 0.0210. The van der Waals surface area contributed by atoms with Gasteiger partial charge in [-0.1, -0.05) is 11.6 Å². The fourth-order valence-corrected chi connectivity index (χ4v) is 3.15. The fourth-order valence-electron chi connectivity index (χ4n) is 2.97. The van der Waals surface area contributed by atoms with Gasteiger partial charge in [0.1, 0.15) is 5.82 Å². The van der Waals surface area contributed by atoms with Crippen LogP contribution in [0.15, 0.2) is 61.2 Å². The van der Waals surface area contributed by atoms with Crippen molar-refractivity contribution < 1.29 is 27.5 Å². The highest BCUT2D eigenvalue weighted by molar-refractivity contribution is 6.31. The van der Waals surface area contributed by atoms with Crippen LogP contribution in [0, 0.1) is 5.82 Å². The zero-order valence-electron chi connectivity index (χ0n) is 17.3. The van der Waals surface area contributed by atoms with Gasteiger partial charge in [-0.05, 0) is 42.0 Å². The van der Waals surface area contributed by atoms with Crippen LogP contribution in [0.2, 0.25) is 5.02 Å². The molecule has 4 rings (SSSR count). The lowest BCUT2D eigenvalue weighted by molar-refractivity contribution is -0.141. The summed E-state index contributed by atoms with van der Waals surface area (Å²) in [4.78, 5) is 23.3. The van der Waals surface area contributed by atoms with Crippen LogP contribution in [0.3, 0.4) is 0 Å². The number of hydrogen-bond donors (Lipinski definition) is 2. The summed E-state index contributed by atoms with van der Waals surface area (Å²) in [6.45, 7) is 0. The molecule has 0 radical (unpaired) electrons. The Morgan fingerprint density at radius 1 is 1.14 bits per heavy atom. The number of carboxylic acid groups (broad SMARTS) is 1. The summed E-state index contributed by atoms with van der Waals surface area (Å²) in [7, 11) is 0. The Morgan fingerprint density at radius 3 is 2.63 bits per heavy atom. The van der Waals surface area contributed by atoms with Crippen LogP contribution in [0.25, 0.3) is 23.0 Å². The van der Waals surface area contributed by atoms with Crippen LogP contribution in [-0.4, -0.2) is 35.8 Å². The largest absolute Gasteiger partial charge is 0.478 e. The van der Waals surface area contributed by atoms with Crippen molar-refractivity contribution in [3.8, 4) is 16.9 Å². The van der Waals surface area contributed by atoms with E-state index in [2.05, 4.69) is 25.4 Å². The van der Waals surface area contributed by atoms with Crippen molar-refractivity contribution in [2.75, 3.05) is 5.32 Å². The van der Waals surface area contributed by atoms with E-state index in [9.17, 15) is 22.4 Å². The summed E-state index contributed by atoms with van der Waals surface area (Å²) in [5.41, 5.74) is 0.304. The number of carboxylic acids is 1. The van der Waals surface area contributed by atoms with E-state index in [0.29, 0.717) is 16.8 Å². The third kappa shape index (κ3) is 5.61. The molecule has 35 heavy (non-hydrogen) atoms. The van der Waals surface area contributed by atoms with E-state index in [1.54, 1.807) is 6.07 Å². The van der Waals surface area contributed by atoms with Crippen LogP contribution < -0.4 is 5.32 Å². The van der Waals surface area contributed by atoms with Crippen LogP contribution in [-0.2, 0) is 11.0 Å². The third-order valence-corrected chi connectivity index (χ3v) is 4.82. The summed E-state index contributed by atoms with van der Waals surface area (Å²) in [5, 5.41) is 15.1. The lowest BCUT2D eigenvalue weighted by Gasteiger charge is -2.12. The van der Waals surface area contributed by atoms with E-state index in [0.717, 1.165) is 29.1 Å². The van der Waals surface area contributed by atoms with Crippen LogP contribution in [0.4, 0.5) is 29.2 Å². The van der Waals surface area contributed by atoms with E-state index in [1.165, 1.54) is 36.8 Å². The van der Waals surface area contributed by atoms with Gasteiger partial charge in [0.05, 0.1) is 5.02 Å². The number of rotatable bonds is 6. The van der Waals surface area contributed by atoms with Gasteiger partial charge < -0.3 is 10.4 Å². The second-order valence-electron chi connectivity index (χ2n) is 7.01. The molecule has 4 aromatic rings.